The van der Waals surface area contributed by atoms with Gasteiger partial charge in [-0.05, 0) is 0 Å². The van der Waals surface area contributed by atoms with Crippen molar-refractivity contribution in [2.24, 2.45) is 0 Å². The first-order valence-corrected chi connectivity index (χ1v) is 4.04. The molecule has 0 aromatic rings. The summed E-state index contributed by atoms with van der Waals surface area (Å²) in [5, 5.41) is 0. The normalized spacial score (nSPS) is 16.6. The predicted molar refractivity (Wildman–Crippen MR) is 34.4 cm³/mol. The van der Waals surface area contributed by atoms with Crippen LogP contribution < -0.4 is 0 Å². The number of alkyl halides is 3. The highest BCUT2D eigenvalue weighted by Gasteiger charge is 2.23. The smallest absolute Gasteiger partial charge is 0.255 e. The van der Waals surface area contributed by atoms with Crippen LogP contribution in [0, 0.1) is 0 Å². The van der Waals surface area contributed by atoms with Crippen LogP contribution in [0.4, 0.5) is 0 Å². The van der Waals surface area contributed by atoms with E-state index in [0.717, 1.165) is 0 Å². The van der Waals surface area contributed by atoms with Crippen LogP contribution in [0.3, 0.4) is 0 Å². The fraction of sp³-hybridized carbons (Fsp3) is 1.00. The molecule has 0 aromatic heterocycles. The number of rotatable bonds is 0. The van der Waals surface area contributed by atoms with Crippen molar-refractivity contribution in [1.82, 2.24) is 0 Å². The molecule has 0 aliphatic rings. The summed E-state index contributed by atoms with van der Waals surface area (Å²) in [7, 11) is -1.39. The topological polar surface area (TPSA) is 17.1 Å². The van der Waals surface area contributed by atoms with Gasteiger partial charge in [-0.1, -0.05) is 34.8 Å². The van der Waals surface area contributed by atoms with E-state index in [0.29, 0.717) is 0 Å². The number of hydrogen-bond acceptors (Lipinski definition) is 1. The first-order chi connectivity index (χ1) is 2.94. The average Bonchev–Trinajstić information content (AvgIpc) is 1.31. The highest BCUT2D eigenvalue weighted by Crippen LogP contribution is 2.28. The van der Waals surface area contributed by atoms with E-state index < -0.39 is 13.9 Å². The van der Waals surface area contributed by atoms with E-state index in [-0.39, 0.29) is 0 Å². The Hall–Kier alpha value is 1.02. The minimum atomic E-state index is -1.61. The molecule has 0 spiro atoms. The van der Waals surface area contributed by atoms with Gasteiger partial charge in [0, 0.05) is 6.26 Å². The minimum absolute atomic E-state index is 1.33. The van der Waals surface area contributed by atoms with E-state index in [1.807, 2.05) is 0 Å². The summed E-state index contributed by atoms with van der Waals surface area (Å²) in [6.45, 7) is 0. The molecule has 0 heterocycles. The summed E-state index contributed by atoms with van der Waals surface area (Å²) in [5.41, 5.74) is 0. The highest BCUT2D eigenvalue weighted by molar-refractivity contribution is 7.90. The Morgan fingerprint density at radius 2 is 1.57 bits per heavy atom. The highest BCUT2D eigenvalue weighted by atomic mass is 35.6. The molecular weight excluding hydrogens is 178 g/mol. The predicted octanol–water partition coefficient (Wildman–Crippen LogP) is 1.69. The SMILES string of the molecule is CS(=O)C(Cl)(Cl)Cl. The molecule has 1 atom stereocenters. The third kappa shape index (κ3) is 3.59. The van der Waals surface area contributed by atoms with Gasteiger partial charge in [-0.3, -0.25) is 4.21 Å². The molecule has 0 aliphatic heterocycles. The van der Waals surface area contributed by atoms with Crippen molar-refractivity contribution in [3.8, 4) is 0 Å². The third-order valence-electron chi connectivity index (χ3n) is 0.326. The van der Waals surface area contributed by atoms with Crippen molar-refractivity contribution in [3.05, 3.63) is 0 Å². The Kier molecular flexibility index (Phi) is 2.90. The van der Waals surface area contributed by atoms with Crippen molar-refractivity contribution in [1.29, 1.82) is 0 Å². The van der Waals surface area contributed by atoms with Crippen molar-refractivity contribution in [2.75, 3.05) is 6.26 Å². The molecule has 0 radical (unpaired) electrons. The van der Waals surface area contributed by atoms with Crippen molar-refractivity contribution < 1.29 is 4.21 Å². The van der Waals surface area contributed by atoms with Crippen LogP contribution >= 0.6 is 34.8 Å². The standard InChI is InChI=1S/C2H3Cl3OS/c1-7(6)2(3,4)5/h1H3. The van der Waals surface area contributed by atoms with Gasteiger partial charge >= 0.3 is 0 Å². The fourth-order valence-electron chi connectivity index (χ4n) is 0. The molecule has 5 heteroatoms. The Labute approximate surface area is 59.4 Å². The zero-order valence-electron chi connectivity index (χ0n) is 3.45. The Morgan fingerprint density at radius 3 is 1.57 bits per heavy atom. The van der Waals surface area contributed by atoms with Gasteiger partial charge in [-0.25, -0.2) is 0 Å². The summed E-state index contributed by atoms with van der Waals surface area (Å²) < 4.78 is 8.57. The zero-order chi connectivity index (χ0) is 6.08. The lowest BCUT2D eigenvalue weighted by atomic mass is 11.8. The molecule has 0 amide bonds. The first-order valence-electron chi connectivity index (χ1n) is 1.35. The molecule has 0 aliphatic carbocycles. The summed E-state index contributed by atoms with van der Waals surface area (Å²) in [6.07, 6.45) is 1.33. The molecule has 1 unspecified atom stereocenters. The van der Waals surface area contributed by atoms with E-state index in [9.17, 15) is 4.21 Å². The lowest BCUT2D eigenvalue weighted by Crippen LogP contribution is -2.08. The van der Waals surface area contributed by atoms with Crippen LogP contribution in [0.1, 0.15) is 0 Å². The molecule has 0 bridgehead atoms. The van der Waals surface area contributed by atoms with E-state index in [1.165, 1.54) is 6.26 Å². The quantitative estimate of drug-likeness (QED) is 0.520. The van der Waals surface area contributed by atoms with Crippen LogP contribution in [0.5, 0.6) is 0 Å². The lowest BCUT2D eigenvalue weighted by molar-refractivity contribution is 0.687. The van der Waals surface area contributed by atoms with Gasteiger partial charge in [0.05, 0.1) is 10.8 Å². The molecule has 7 heavy (non-hydrogen) atoms. The van der Waals surface area contributed by atoms with E-state index >= 15 is 0 Å². The monoisotopic (exact) mass is 180 g/mol. The second-order valence-corrected chi connectivity index (χ2v) is 5.37. The molecule has 44 valence electrons. The minimum Gasteiger partial charge on any atom is -0.255 e. The molecule has 0 N–H and O–H groups in total. The summed E-state index contributed by atoms with van der Waals surface area (Å²) in [6, 6.07) is 0. The third-order valence-corrected chi connectivity index (χ3v) is 2.93. The van der Waals surface area contributed by atoms with Crippen LogP contribution in [0.15, 0.2) is 0 Å². The van der Waals surface area contributed by atoms with Gasteiger partial charge in [-0.2, -0.15) is 0 Å². The van der Waals surface area contributed by atoms with Crippen molar-refractivity contribution >= 4 is 45.6 Å². The summed E-state index contributed by atoms with van der Waals surface area (Å²) in [5.74, 6) is 0. The van der Waals surface area contributed by atoms with Gasteiger partial charge in [0.2, 0.25) is 0 Å². The Bertz CT molecular complexity index is 85.4. The molecule has 0 fully saturated rings. The molecule has 0 aromatic carbocycles. The first kappa shape index (κ1) is 8.02. The van der Waals surface area contributed by atoms with Crippen LogP contribution in [-0.2, 0) is 10.8 Å². The van der Waals surface area contributed by atoms with E-state index in [1.54, 1.807) is 0 Å². The molecular formula is C2H3Cl3OS. The second-order valence-electron chi connectivity index (χ2n) is 0.900. The van der Waals surface area contributed by atoms with Crippen molar-refractivity contribution in [2.45, 2.75) is 3.12 Å². The second kappa shape index (κ2) is 2.53. The summed E-state index contributed by atoms with van der Waals surface area (Å²) in [4.78, 5) is 0. The van der Waals surface area contributed by atoms with Gasteiger partial charge in [0.25, 0.3) is 3.12 Å². The van der Waals surface area contributed by atoms with Gasteiger partial charge in [0.15, 0.2) is 0 Å². The maximum absolute atomic E-state index is 10.2. The number of hydrogen-bond donors (Lipinski definition) is 0. The molecule has 0 rings (SSSR count). The average molecular weight is 181 g/mol. The Morgan fingerprint density at radius 1 is 1.43 bits per heavy atom. The van der Waals surface area contributed by atoms with Crippen LogP contribution in [0.25, 0.3) is 0 Å². The van der Waals surface area contributed by atoms with Crippen LogP contribution in [-0.4, -0.2) is 13.6 Å². The maximum Gasteiger partial charge on any atom is 0.265 e. The Balaban J connectivity index is 3.79. The maximum atomic E-state index is 10.2. The zero-order valence-corrected chi connectivity index (χ0v) is 6.53. The summed E-state index contributed by atoms with van der Waals surface area (Å²) >= 11 is 15.3. The molecule has 1 nitrogen and oxygen atoms in total. The van der Waals surface area contributed by atoms with E-state index in [4.69, 9.17) is 34.8 Å². The van der Waals surface area contributed by atoms with Gasteiger partial charge in [-0.15, -0.1) is 0 Å². The molecule has 0 saturated carbocycles. The molecule has 0 saturated heterocycles. The van der Waals surface area contributed by atoms with Gasteiger partial charge in [0.1, 0.15) is 0 Å². The largest absolute Gasteiger partial charge is 0.265 e. The van der Waals surface area contributed by atoms with Crippen molar-refractivity contribution in [3.63, 3.8) is 0 Å². The fourth-order valence-corrected chi connectivity index (χ4v) is 0. The van der Waals surface area contributed by atoms with Crippen LogP contribution in [0.2, 0.25) is 0 Å². The van der Waals surface area contributed by atoms with E-state index in [2.05, 4.69) is 0 Å². The number of halogens is 3. The van der Waals surface area contributed by atoms with Gasteiger partial charge < -0.3 is 0 Å². The lowest BCUT2D eigenvalue weighted by Gasteiger charge is -2.02.